The summed E-state index contributed by atoms with van der Waals surface area (Å²) in [7, 11) is 2.07. The number of likely N-dealkylation sites (N-methyl/N-ethyl adjacent to an activating group) is 1. The maximum atomic E-state index is 3.41. The molecule has 2 heteroatoms. The Bertz CT molecular complexity index is 111. The second kappa shape index (κ2) is 1.70. The number of nitrogens with one attached hydrogen (secondary N) is 2. The summed E-state index contributed by atoms with van der Waals surface area (Å²) < 4.78 is 0. The van der Waals surface area contributed by atoms with E-state index < -0.39 is 0 Å². The molecule has 52 valence electrons. The van der Waals surface area contributed by atoms with Gasteiger partial charge in [0.25, 0.3) is 0 Å². The molecule has 2 saturated heterocycles. The van der Waals surface area contributed by atoms with Crippen LogP contribution in [0.15, 0.2) is 0 Å². The number of hydrogen-bond acceptors (Lipinski definition) is 2. The lowest BCUT2D eigenvalue weighted by atomic mass is 9.65. The molecule has 9 heavy (non-hydrogen) atoms. The van der Waals surface area contributed by atoms with E-state index in [0.29, 0.717) is 5.54 Å². The van der Waals surface area contributed by atoms with Crippen molar-refractivity contribution in [2.75, 3.05) is 20.1 Å². The lowest BCUT2D eigenvalue weighted by Gasteiger charge is -2.52. The molecule has 0 radical (unpaired) electrons. The maximum absolute atomic E-state index is 3.41. The number of hydrogen-bond donors (Lipinski definition) is 2. The molecule has 0 spiro atoms. The molecule has 2 N–H and O–H groups in total. The van der Waals surface area contributed by atoms with Crippen molar-refractivity contribution < 1.29 is 0 Å². The van der Waals surface area contributed by atoms with Crippen LogP contribution in [0, 0.1) is 5.92 Å². The van der Waals surface area contributed by atoms with E-state index in [-0.39, 0.29) is 0 Å². The molecular formula is C7H14N2. The van der Waals surface area contributed by atoms with Gasteiger partial charge >= 0.3 is 0 Å². The molecular weight excluding hydrogens is 112 g/mol. The summed E-state index contributed by atoms with van der Waals surface area (Å²) >= 11 is 0. The SMILES string of the molecule is CN[C@]12CNC[C@H](C1)C2. The molecule has 2 bridgehead atoms. The third kappa shape index (κ3) is 0.700. The largest absolute Gasteiger partial charge is 0.315 e. The Hall–Kier alpha value is -0.0800. The fourth-order valence-corrected chi connectivity index (χ4v) is 2.14. The van der Waals surface area contributed by atoms with Gasteiger partial charge in [-0.15, -0.1) is 0 Å². The molecule has 3 aliphatic rings. The van der Waals surface area contributed by atoms with Crippen molar-refractivity contribution in [2.45, 2.75) is 18.4 Å². The van der Waals surface area contributed by atoms with E-state index in [1.165, 1.54) is 25.9 Å². The molecule has 2 nitrogen and oxygen atoms in total. The second-order valence-corrected chi connectivity index (χ2v) is 3.44. The van der Waals surface area contributed by atoms with Gasteiger partial charge in [0.1, 0.15) is 0 Å². The van der Waals surface area contributed by atoms with Gasteiger partial charge in [-0.05, 0) is 32.4 Å². The number of rotatable bonds is 1. The van der Waals surface area contributed by atoms with Crippen LogP contribution in [0.2, 0.25) is 0 Å². The average molecular weight is 126 g/mol. The number of fused-ring (bicyclic) bond motifs is 2. The second-order valence-electron chi connectivity index (χ2n) is 3.44. The minimum atomic E-state index is 0.503. The normalized spacial score (nSPS) is 48.3. The molecule has 0 aromatic rings. The van der Waals surface area contributed by atoms with Crippen LogP contribution in [0.5, 0.6) is 0 Å². The molecule has 0 amide bonds. The van der Waals surface area contributed by atoms with E-state index in [1.807, 2.05) is 0 Å². The van der Waals surface area contributed by atoms with Gasteiger partial charge in [-0.2, -0.15) is 0 Å². The summed E-state index contributed by atoms with van der Waals surface area (Å²) in [6.45, 7) is 2.43. The van der Waals surface area contributed by atoms with Crippen molar-refractivity contribution in [2.24, 2.45) is 5.92 Å². The third-order valence-electron chi connectivity index (χ3n) is 2.79. The highest BCUT2D eigenvalue weighted by Gasteiger charge is 2.45. The van der Waals surface area contributed by atoms with Crippen molar-refractivity contribution in [1.82, 2.24) is 10.6 Å². The van der Waals surface area contributed by atoms with Crippen LogP contribution in [-0.2, 0) is 0 Å². The first-order chi connectivity index (χ1) is 4.35. The first-order valence-electron chi connectivity index (χ1n) is 3.74. The van der Waals surface area contributed by atoms with Crippen molar-refractivity contribution in [1.29, 1.82) is 0 Å². The smallest absolute Gasteiger partial charge is 0.0309 e. The maximum Gasteiger partial charge on any atom is 0.0309 e. The van der Waals surface area contributed by atoms with Gasteiger partial charge in [-0.25, -0.2) is 0 Å². The Morgan fingerprint density at radius 1 is 1.56 bits per heavy atom. The minimum absolute atomic E-state index is 0.503. The highest BCUT2D eigenvalue weighted by Crippen LogP contribution is 2.39. The highest BCUT2D eigenvalue weighted by molar-refractivity contribution is 5.05. The van der Waals surface area contributed by atoms with E-state index in [0.717, 1.165) is 5.92 Å². The topological polar surface area (TPSA) is 24.1 Å². The summed E-state index contributed by atoms with van der Waals surface area (Å²) in [6.07, 6.45) is 2.80. The Balaban J connectivity index is 2.02. The Labute approximate surface area is 56.0 Å². The Kier molecular flexibility index (Phi) is 1.08. The van der Waals surface area contributed by atoms with Crippen molar-refractivity contribution in [3.8, 4) is 0 Å². The minimum Gasteiger partial charge on any atom is -0.315 e. The average Bonchev–Trinajstić information content (AvgIpc) is 1.88. The van der Waals surface area contributed by atoms with Crippen LogP contribution >= 0.6 is 0 Å². The van der Waals surface area contributed by atoms with Crippen molar-refractivity contribution in [3.05, 3.63) is 0 Å². The highest BCUT2D eigenvalue weighted by atomic mass is 15.1. The van der Waals surface area contributed by atoms with E-state index in [1.54, 1.807) is 0 Å². The van der Waals surface area contributed by atoms with Crippen LogP contribution < -0.4 is 10.6 Å². The van der Waals surface area contributed by atoms with Crippen LogP contribution in [-0.4, -0.2) is 25.7 Å². The lowest BCUT2D eigenvalue weighted by molar-refractivity contribution is 0.0678. The predicted molar refractivity (Wildman–Crippen MR) is 37.4 cm³/mol. The van der Waals surface area contributed by atoms with Crippen molar-refractivity contribution >= 4 is 0 Å². The van der Waals surface area contributed by atoms with E-state index in [2.05, 4.69) is 17.7 Å². The summed E-state index contributed by atoms with van der Waals surface area (Å²) in [5, 5.41) is 6.80. The van der Waals surface area contributed by atoms with Gasteiger partial charge < -0.3 is 10.6 Å². The number of piperidine rings is 2. The molecule has 1 aliphatic carbocycles. The monoisotopic (exact) mass is 126 g/mol. The molecule has 0 aromatic heterocycles. The van der Waals surface area contributed by atoms with Gasteiger partial charge in [0, 0.05) is 12.1 Å². The first kappa shape index (κ1) is 5.69. The molecule has 3 fully saturated rings. The zero-order chi connectivity index (χ0) is 6.32. The third-order valence-corrected chi connectivity index (χ3v) is 2.79. The fourth-order valence-electron chi connectivity index (χ4n) is 2.14. The molecule has 0 unspecified atom stereocenters. The van der Waals surface area contributed by atoms with Gasteiger partial charge in [0.2, 0.25) is 0 Å². The van der Waals surface area contributed by atoms with Crippen LogP contribution in [0.4, 0.5) is 0 Å². The predicted octanol–water partition coefficient (Wildman–Crippen LogP) is -0.0422. The standard InChI is InChI=1S/C7H14N2/c1-8-7-2-6(3-7)4-9-5-7/h6,8-9H,2-5H2,1H3/t6-,7-. The summed E-state index contributed by atoms with van der Waals surface area (Å²) in [5.41, 5.74) is 0.503. The van der Waals surface area contributed by atoms with Gasteiger partial charge in [-0.1, -0.05) is 0 Å². The van der Waals surface area contributed by atoms with Crippen LogP contribution in [0.3, 0.4) is 0 Å². The van der Waals surface area contributed by atoms with Crippen molar-refractivity contribution in [3.63, 3.8) is 0 Å². The molecule has 3 rings (SSSR count). The lowest BCUT2D eigenvalue weighted by Crippen LogP contribution is -2.66. The fraction of sp³-hybridized carbons (Fsp3) is 1.00. The van der Waals surface area contributed by atoms with Gasteiger partial charge in [0.15, 0.2) is 0 Å². The van der Waals surface area contributed by atoms with Gasteiger partial charge in [0.05, 0.1) is 0 Å². The Morgan fingerprint density at radius 2 is 2.33 bits per heavy atom. The molecule has 0 aromatic carbocycles. The van der Waals surface area contributed by atoms with Crippen LogP contribution in [0.1, 0.15) is 12.8 Å². The van der Waals surface area contributed by atoms with E-state index >= 15 is 0 Å². The molecule has 0 atom stereocenters. The quantitative estimate of drug-likeness (QED) is 0.515. The van der Waals surface area contributed by atoms with Gasteiger partial charge in [-0.3, -0.25) is 0 Å². The van der Waals surface area contributed by atoms with E-state index in [9.17, 15) is 0 Å². The molecule has 2 aliphatic heterocycles. The van der Waals surface area contributed by atoms with Crippen LogP contribution in [0.25, 0.3) is 0 Å². The molecule has 1 saturated carbocycles. The summed E-state index contributed by atoms with van der Waals surface area (Å²) in [5.74, 6) is 0.978. The summed E-state index contributed by atoms with van der Waals surface area (Å²) in [6, 6.07) is 0. The zero-order valence-electron chi connectivity index (χ0n) is 5.91. The Morgan fingerprint density at radius 3 is 2.67 bits per heavy atom. The molecule has 2 heterocycles. The van der Waals surface area contributed by atoms with E-state index in [4.69, 9.17) is 0 Å². The zero-order valence-corrected chi connectivity index (χ0v) is 5.91. The summed E-state index contributed by atoms with van der Waals surface area (Å²) in [4.78, 5) is 0. The first-order valence-corrected chi connectivity index (χ1v) is 3.74.